The molecule has 16 heavy (non-hydrogen) atoms. The van der Waals surface area contributed by atoms with E-state index in [-0.39, 0.29) is 0 Å². The van der Waals surface area contributed by atoms with Gasteiger partial charge in [-0.3, -0.25) is 0 Å². The van der Waals surface area contributed by atoms with E-state index in [4.69, 9.17) is 0 Å². The fraction of sp³-hybridized carbons (Fsp3) is 0.273. The maximum absolute atomic E-state index is 4.53. The number of aromatic nitrogens is 2. The standard InChI is InChI=1S/C11H12IN3S/c1-3-13-10-8(12)6-14-11(15-10)9-5-4-7(2)16-9/h4-6H,3H2,1-2H3,(H,13,14,15). The molecule has 0 fully saturated rings. The summed E-state index contributed by atoms with van der Waals surface area (Å²) in [5.41, 5.74) is 0. The summed E-state index contributed by atoms with van der Waals surface area (Å²) in [6.07, 6.45) is 1.86. The Labute approximate surface area is 112 Å². The molecule has 0 aliphatic heterocycles. The molecular weight excluding hydrogens is 333 g/mol. The molecule has 0 aliphatic rings. The predicted octanol–water partition coefficient (Wildman–Crippen LogP) is 3.55. The van der Waals surface area contributed by atoms with Gasteiger partial charge in [-0.25, -0.2) is 9.97 Å². The Bertz CT molecular complexity index is 496. The van der Waals surface area contributed by atoms with Crippen molar-refractivity contribution in [3.05, 3.63) is 26.8 Å². The number of halogens is 1. The van der Waals surface area contributed by atoms with Gasteiger partial charge in [0.1, 0.15) is 5.82 Å². The Balaban J connectivity index is 2.39. The Morgan fingerprint density at radius 2 is 2.25 bits per heavy atom. The van der Waals surface area contributed by atoms with E-state index < -0.39 is 0 Å². The first-order valence-electron chi connectivity index (χ1n) is 5.04. The average molecular weight is 345 g/mol. The number of hydrogen-bond acceptors (Lipinski definition) is 4. The minimum atomic E-state index is 0.800. The summed E-state index contributed by atoms with van der Waals surface area (Å²) in [6, 6.07) is 4.16. The van der Waals surface area contributed by atoms with E-state index in [0.29, 0.717) is 0 Å². The third-order valence-electron chi connectivity index (χ3n) is 2.05. The molecule has 0 bridgehead atoms. The van der Waals surface area contributed by atoms with Crippen LogP contribution in [0, 0.1) is 10.5 Å². The van der Waals surface area contributed by atoms with Gasteiger partial charge in [-0.1, -0.05) is 0 Å². The number of nitrogens with one attached hydrogen (secondary N) is 1. The molecule has 84 valence electrons. The van der Waals surface area contributed by atoms with Crippen LogP contribution < -0.4 is 5.32 Å². The normalized spacial score (nSPS) is 10.4. The van der Waals surface area contributed by atoms with Crippen LogP contribution >= 0.6 is 33.9 Å². The van der Waals surface area contributed by atoms with Crippen LogP contribution in [-0.2, 0) is 0 Å². The molecule has 2 heterocycles. The van der Waals surface area contributed by atoms with Crippen LogP contribution in [0.4, 0.5) is 5.82 Å². The average Bonchev–Trinajstić information content (AvgIpc) is 2.69. The molecule has 0 saturated heterocycles. The third kappa shape index (κ3) is 2.52. The van der Waals surface area contributed by atoms with Crippen molar-refractivity contribution in [3.63, 3.8) is 0 Å². The van der Waals surface area contributed by atoms with E-state index in [2.05, 4.69) is 63.9 Å². The van der Waals surface area contributed by atoms with Gasteiger partial charge in [-0.15, -0.1) is 11.3 Å². The fourth-order valence-electron chi connectivity index (χ4n) is 1.33. The topological polar surface area (TPSA) is 37.8 Å². The molecule has 0 atom stereocenters. The minimum absolute atomic E-state index is 0.800. The van der Waals surface area contributed by atoms with Crippen LogP contribution in [0.5, 0.6) is 0 Å². The predicted molar refractivity (Wildman–Crippen MR) is 77.0 cm³/mol. The zero-order chi connectivity index (χ0) is 11.5. The van der Waals surface area contributed by atoms with E-state index in [1.807, 2.05) is 6.20 Å². The lowest BCUT2D eigenvalue weighted by Crippen LogP contribution is -2.03. The van der Waals surface area contributed by atoms with Crippen molar-refractivity contribution in [1.29, 1.82) is 0 Å². The van der Waals surface area contributed by atoms with Gasteiger partial charge >= 0.3 is 0 Å². The van der Waals surface area contributed by atoms with E-state index in [0.717, 1.165) is 26.6 Å². The van der Waals surface area contributed by atoms with Crippen molar-refractivity contribution in [2.75, 3.05) is 11.9 Å². The first-order valence-corrected chi connectivity index (χ1v) is 6.93. The molecule has 2 aromatic rings. The van der Waals surface area contributed by atoms with Crippen molar-refractivity contribution >= 4 is 39.7 Å². The second kappa shape index (κ2) is 5.09. The Kier molecular flexibility index (Phi) is 3.75. The summed E-state index contributed by atoms with van der Waals surface area (Å²) in [5, 5.41) is 3.24. The number of hydrogen-bond donors (Lipinski definition) is 1. The van der Waals surface area contributed by atoms with E-state index >= 15 is 0 Å². The fourth-order valence-corrected chi connectivity index (χ4v) is 2.59. The molecule has 0 radical (unpaired) electrons. The van der Waals surface area contributed by atoms with Gasteiger partial charge in [0.15, 0.2) is 5.82 Å². The number of nitrogens with zero attached hydrogens (tertiary/aromatic N) is 2. The molecule has 1 N–H and O–H groups in total. The van der Waals surface area contributed by atoms with Gasteiger partial charge in [0, 0.05) is 17.6 Å². The zero-order valence-electron chi connectivity index (χ0n) is 9.12. The van der Waals surface area contributed by atoms with Gasteiger partial charge in [-0.05, 0) is 48.6 Å². The van der Waals surface area contributed by atoms with Crippen molar-refractivity contribution in [2.45, 2.75) is 13.8 Å². The molecular formula is C11H12IN3S. The number of anilines is 1. The highest BCUT2D eigenvalue weighted by Gasteiger charge is 2.07. The first-order chi connectivity index (χ1) is 7.70. The van der Waals surface area contributed by atoms with Crippen molar-refractivity contribution in [1.82, 2.24) is 9.97 Å². The summed E-state index contributed by atoms with van der Waals surface area (Å²) >= 11 is 3.96. The summed E-state index contributed by atoms with van der Waals surface area (Å²) in [5.74, 6) is 1.72. The van der Waals surface area contributed by atoms with E-state index in [1.54, 1.807) is 11.3 Å². The monoisotopic (exact) mass is 345 g/mol. The van der Waals surface area contributed by atoms with Gasteiger partial charge < -0.3 is 5.32 Å². The quantitative estimate of drug-likeness (QED) is 0.865. The maximum atomic E-state index is 4.53. The smallest absolute Gasteiger partial charge is 0.171 e. The lowest BCUT2D eigenvalue weighted by molar-refractivity contribution is 1.11. The van der Waals surface area contributed by atoms with Gasteiger partial charge in [0.05, 0.1) is 8.45 Å². The van der Waals surface area contributed by atoms with Crippen LogP contribution in [0.2, 0.25) is 0 Å². The van der Waals surface area contributed by atoms with Crippen molar-refractivity contribution < 1.29 is 0 Å². The number of rotatable bonds is 3. The van der Waals surface area contributed by atoms with E-state index in [9.17, 15) is 0 Å². The summed E-state index contributed by atoms with van der Waals surface area (Å²) in [7, 11) is 0. The lowest BCUT2D eigenvalue weighted by atomic mass is 10.4. The number of thiophene rings is 1. The van der Waals surface area contributed by atoms with Crippen LogP contribution in [0.25, 0.3) is 10.7 Å². The first kappa shape index (κ1) is 11.8. The van der Waals surface area contributed by atoms with Crippen molar-refractivity contribution in [2.24, 2.45) is 0 Å². The second-order valence-corrected chi connectivity index (χ2v) is 5.78. The highest BCUT2D eigenvalue weighted by atomic mass is 127. The lowest BCUT2D eigenvalue weighted by Gasteiger charge is -2.05. The van der Waals surface area contributed by atoms with Gasteiger partial charge in [0.2, 0.25) is 0 Å². The van der Waals surface area contributed by atoms with Crippen LogP contribution in [0.15, 0.2) is 18.3 Å². The molecule has 5 heteroatoms. The molecule has 0 aromatic carbocycles. The molecule has 0 aliphatic carbocycles. The van der Waals surface area contributed by atoms with E-state index in [1.165, 1.54) is 4.88 Å². The molecule has 2 aromatic heterocycles. The molecule has 2 rings (SSSR count). The Morgan fingerprint density at radius 3 is 2.88 bits per heavy atom. The molecule has 0 amide bonds. The summed E-state index contributed by atoms with van der Waals surface area (Å²) in [6.45, 7) is 5.02. The molecule has 0 spiro atoms. The molecule has 0 unspecified atom stereocenters. The van der Waals surface area contributed by atoms with Gasteiger partial charge in [0.25, 0.3) is 0 Å². The Hall–Kier alpha value is -0.690. The second-order valence-electron chi connectivity index (χ2n) is 3.33. The number of aryl methyl sites for hydroxylation is 1. The largest absolute Gasteiger partial charge is 0.369 e. The Morgan fingerprint density at radius 1 is 1.44 bits per heavy atom. The molecule has 0 saturated carbocycles. The van der Waals surface area contributed by atoms with Gasteiger partial charge in [-0.2, -0.15) is 0 Å². The zero-order valence-corrected chi connectivity index (χ0v) is 12.1. The van der Waals surface area contributed by atoms with Crippen LogP contribution in [0.1, 0.15) is 11.8 Å². The maximum Gasteiger partial charge on any atom is 0.171 e. The molecule has 3 nitrogen and oxygen atoms in total. The third-order valence-corrected chi connectivity index (χ3v) is 3.84. The minimum Gasteiger partial charge on any atom is -0.369 e. The van der Waals surface area contributed by atoms with Crippen LogP contribution in [0.3, 0.4) is 0 Å². The summed E-state index contributed by atoms with van der Waals surface area (Å²) in [4.78, 5) is 11.3. The highest BCUT2D eigenvalue weighted by molar-refractivity contribution is 14.1. The van der Waals surface area contributed by atoms with Crippen molar-refractivity contribution in [3.8, 4) is 10.7 Å². The summed E-state index contributed by atoms with van der Waals surface area (Å²) < 4.78 is 1.05. The van der Waals surface area contributed by atoms with Crippen LogP contribution in [-0.4, -0.2) is 16.5 Å². The SMILES string of the molecule is CCNc1nc(-c2ccc(C)s2)ncc1I. The highest BCUT2D eigenvalue weighted by Crippen LogP contribution is 2.26.